The Hall–Kier alpha value is -5.69. The van der Waals surface area contributed by atoms with E-state index in [9.17, 15) is 23.1 Å². The van der Waals surface area contributed by atoms with Crippen molar-refractivity contribution in [1.29, 1.82) is 0 Å². The fourth-order valence-corrected chi connectivity index (χ4v) is 9.26. The zero-order chi connectivity index (χ0) is 37.9. The number of piperazine rings is 1. The number of esters is 1. The van der Waals surface area contributed by atoms with E-state index in [4.69, 9.17) is 9.72 Å². The Morgan fingerprint density at radius 1 is 0.873 bits per heavy atom. The monoisotopic (exact) mass is 753 g/mol. The molecule has 55 heavy (non-hydrogen) atoms. The second kappa shape index (κ2) is 13.6. The van der Waals surface area contributed by atoms with Crippen molar-refractivity contribution in [1.82, 2.24) is 19.4 Å². The molecule has 5 heterocycles. The molecule has 0 aliphatic carbocycles. The van der Waals surface area contributed by atoms with E-state index in [1.165, 1.54) is 0 Å². The molecule has 1 atom stereocenters. The SMILES string of the molecule is CC[C@@]1(O)C(=O)OCc2c1cc1n(c2=O)Cc2c-1nc1ccccc1c2CN1CCN(C(Cc2ccccc2)=NS(=O)(=O)c2ccc3ccccc3c2)CC1. The molecule has 3 aliphatic heterocycles. The predicted octanol–water partition coefficient (Wildman–Crippen LogP) is 5.38. The van der Waals surface area contributed by atoms with Crippen LogP contribution < -0.4 is 5.56 Å². The summed E-state index contributed by atoms with van der Waals surface area (Å²) in [6, 6.07) is 32.3. The summed E-state index contributed by atoms with van der Waals surface area (Å²) >= 11 is 0. The van der Waals surface area contributed by atoms with Crippen LogP contribution in [0.4, 0.5) is 0 Å². The van der Waals surface area contributed by atoms with E-state index in [0.717, 1.165) is 38.4 Å². The van der Waals surface area contributed by atoms with E-state index in [0.29, 0.717) is 74.0 Å². The van der Waals surface area contributed by atoms with Gasteiger partial charge in [-0.1, -0.05) is 85.8 Å². The highest BCUT2D eigenvalue weighted by Crippen LogP contribution is 2.40. The van der Waals surface area contributed by atoms with Gasteiger partial charge in [0.25, 0.3) is 15.6 Å². The molecule has 12 heteroatoms. The minimum Gasteiger partial charge on any atom is -0.458 e. The Kier molecular flexibility index (Phi) is 8.64. The topological polar surface area (TPSA) is 134 Å². The Morgan fingerprint density at radius 3 is 2.38 bits per heavy atom. The van der Waals surface area contributed by atoms with Crippen molar-refractivity contribution in [3.05, 3.63) is 141 Å². The molecule has 0 bridgehead atoms. The van der Waals surface area contributed by atoms with E-state index < -0.39 is 21.6 Å². The summed E-state index contributed by atoms with van der Waals surface area (Å²) in [6.45, 7) is 4.85. The normalized spacial score (nSPS) is 18.6. The number of para-hydroxylation sites is 1. The Balaban J connectivity index is 1.02. The lowest BCUT2D eigenvalue weighted by Gasteiger charge is -2.37. The molecule has 0 saturated carbocycles. The average Bonchev–Trinajstić information content (AvgIpc) is 3.58. The number of rotatable bonds is 7. The van der Waals surface area contributed by atoms with Crippen molar-refractivity contribution < 1.29 is 23.1 Å². The lowest BCUT2D eigenvalue weighted by molar-refractivity contribution is -0.172. The van der Waals surface area contributed by atoms with Gasteiger partial charge in [-0.25, -0.2) is 9.78 Å². The Bertz CT molecular complexity index is 2720. The van der Waals surface area contributed by atoms with Gasteiger partial charge in [0.2, 0.25) is 0 Å². The highest BCUT2D eigenvalue weighted by atomic mass is 32.2. The Morgan fingerprint density at radius 2 is 1.60 bits per heavy atom. The third-order valence-electron chi connectivity index (χ3n) is 11.3. The smallest absolute Gasteiger partial charge is 0.343 e. The highest BCUT2D eigenvalue weighted by Gasteiger charge is 2.45. The molecule has 1 saturated heterocycles. The number of aromatic nitrogens is 2. The van der Waals surface area contributed by atoms with E-state index in [1.54, 1.807) is 29.7 Å². The van der Waals surface area contributed by atoms with Crippen molar-refractivity contribution >= 4 is 43.5 Å². The summed E-state index contributed by atoms with van der Waals surface area (Å²) in [4.78, 5) is 36.2. The fourth-order valence-electron chi connectivity index (χ4n) is 8.18. The summed E-state index contributed by atoms with van der Waals surface area (Å²) in [5.74, 6) is -0.248. The number of ether oxygens (including phenoxy) is 1. The number of nitrogens with zero attached hydrogens (tertiary/aromatic N) is 5. The lowest BCUT2D eigenvalue weighted by atomic mass is 9.86. The van der Waals surface area contributed by atoms with Crippen LogP contribution in [-0.2, 0) is 51.3 Å². The number of benzene rings is 4. The first-order valence-electron chi connectivity index (χ1n) is 18.5. The molecule has 1 N–H and O–H groups in total. The molecular weight excluding hydrogens is 715 g/mol. The Labute approximate surface area is 318 Å². The number of cyclic esters (lactones) is 1. The van der Waals surface area contributed by atoms with E-state index in [-0.39, 0.29) is 23.5 Å². The van der Waals surface area contributed by atoms with Crippen LogP contribution in [0, 0.1) is 0 Å². The summed E-state index contributed by atoms with van der Waals surface area (Å²) in [5, 5.41) is 14.1. The maximum Gasteiger partial charge on any atom is 0.343 e. The zero-order valence-corrected chi connectivity index (χ0v) is 31.1. The second-order valence-electron chi connectivity index (χ2n) is 14.5. The van der Waals surface area contributed by atoms with Crippen LogP contribution in [0.2, 0.25) is 0 Å². The minimum atomic E-state index is -4.01. The standard InChI is InChI=1S/C43H39N5O6S/c1-2-43(51)36-24-38-40-34(26-48(38)41(49)35(36)27-54-42(43)50)33(32-14-8-9-15-37(32)44-40)25-46-18-20-47(21-19-46)39(22-28-10-4-3-5-11-28)45-55(52,53)31-17-16-29-12-6-7-13-30(29)23-31/h3-17,23-24,51H,2,18-22,25-27H2,1H3/t43-/m0/s1. The molecule has 0 radical (unpaired) electrons. The number of carbonyl (C=O) groups is 1. The quantitative estimate of drug-likeness (QED) is 0.129. The van der Waals surface area contributed by atoms with Crippen molar-refractivity contribution in [3.63, 3.8) is 0 Å². The number of aliphatic hydroxyl groups is 1. The van der Waals surface area contributed by atoms with Gasteiger partial charge >= 0.3 is 5.97 Å². The largest absolute Gasteiger partial charge is 0.458 e. The predicted molar refractivity (Wildman–Crippen MR) is 210 cm³/mol. The van der Waals surface area contributed by atoms with Gasteiger partial charge in [-0.3, -0.25) is 9.69 Å². The molecule has 11 nitrogen and oxygen atoms in total. The highest BCUT2D eigenvalue weighted by molar-refractivity contribution is 7.90. The lowest BCUT2D eigenvalue weighted by Crippen LogP contribution is -2.49. The van der Waals surface area contributed by atoms with Gasteiger partial charge in [-0.05, 0) is 52.6 Å². The average molecular weight is 754 g/mol. The molecule has 1 fully saturated rings. The molecule has 278 valence electrons. The van der Waals surface area contributed by atoms with Gasteiger partial charge in [0.15, 0.2) is 5.60 Å². The van der Waals surface area contributed by atoms with Crippen molar-refractivity contribution in [2.24, 2.45) is 4.40 Å². The molecule has 6 aromatic rings. The summed E-state index contributed by atoms with van der Waals surface area (Å²) in [7, 11) is -4.01. The molecule has 3 aliphatic rings. The minimum absolute atomic E-state index is 0.0735. The maximum absolute atomic E-state index is 13.9. The van der Waals surface area contributed by atoms with E-state index in [2.05, 4.69) is 20.3 Å². The number of sulfonamides is 1. The number of hydrogen-bond donors (Lipinski definition) is 1. The molecule has 4 aromatic carbocycles. The molecular formula is C43H39N5O6S. The van der Waals surface area contributed by atoms with Crippen LogP contribution in [-0.4, -0.2) is 70.9 Å². The fraction of sp³-hybridized carbons (Fsp3) is 0.256. The molecule has 0 spiro atoms. The maximum atomic E-state index is 13.9. The number of fused-ring (bicyclic) bond motifs is 6. The number of pyridine rings is 2. The van der Waals surface area contributed by atoms with Crippen LogP contribution in [0.3, 0.4) is 0 Å². The molecule has 2 aromatic heterocycles. The third kappa shape index (κ3) is 6.10. The molecule has 9 rings (SSSR count). The second-order valence-corrected chi connectivity index (χ2v) is 16.1. The van der Waals surface area contributed by atoms with Crippen LogP contribution in [0.5, 0.6) is 0 Å². The first kappa shape index (κ1) is 35.0. The van der Waals surface area contributed by atoms with Crippen LogP contribution in [0.15, 0.2) is 117 Å². The van der Waals surface area contributed by atoms with Crippen molar-refractivity contribution in [2.45, 2.75) is 50.0 Å². The number of hydrogen-bond acceptors (Lipinski definition) is 8. The van der Waals surface area contributed by atoms with Crippen molar-refractivity contribution in [2.75, 3.05) is 26.2 Å². The first-order chi connectivity index (χ1) is 26.6. The first-order valence-corrected chi connectivity index (χ1v) is 20.0. The molecule has 0 unspecified atom stereocenters. The summed E-state index contributed by atoms with van der Waals surface area (Å²) < 4.78 is 39.1. The van der Waals surface area contributed by atoms with Gasteiger partial charge < -0.3 is 19.3 Å². The van der Waals surface area contributed by atoms with E-state index >= 15 is 0 Å². The third-order valence-corrected chi connectivity index (χ3v) is 12.6. The van der Waals surface area contributed by atoms with Gasteiger partial charge in [0.05, 0.1) is 33.9 Å². The van der Waals surface area contributed by atoms with Crippen LogP contribution in [0.25, 0.3) is 33.1 Å². The summed E-state index contributed by atoms with van der Waals surface area (Å²) in [6.07, 6.45) is 0.445. The summed E-state index contributed by atoms with van der Waals surface area (Å²) in [5.41, 5.74) is 3.38. The van der Waals surface area contributed by atoms with Crippen LogP contribution >= 0.6 is 0 Å². The van der Waals surface area contributed by atoms with Gasteiger partial charge in [0, 0.05) is 55.7 Å². The number of amidine groups is 1. The molecule has 0 amide bonds. The number of carbonyl (C=O) groups excluding carboxylic acids is 1. The van der Waals surface area contributed by atoms with E-state index in [1.807, 2.05) is 78.9 Å². The van der Waals surface area contributed by atoms with Crippen LogP contribution in [0.1, 0.15) is 41.2 Å². The van der Waals surface area contributed by atoms with Gasteiger partial charge in [-0.15, -0.1) is 4.40 Å². The van der Waals surface area contributed by atoms with Crippen molar-refractivity contribution in [3.8, 4) is 11.4 Å². The van der Waals surface area contributed by atoms with Gasteiger partial charge in [-0.2, -0.15) is 8.42 Å². The zero-order valence-electron chi connectivity index (χ0n) is 30.3. The van der Waals surface area contributed by atoms with Gasteiger partial charge in [0.1, 0.15) is 12.4 Å².